The van der Waals surface area contributed by atoms with Crippen LogP contribution in [0.4, 0.5) is 0 Å². The minimum atomic E-state index is 0. The molecule has 0 aliphatic rings. The van der Waals surface area contributed by atoms with E-state index in [1.807, 2.05) is 49.4 Å². The van der Waals surface area contributed by atoms with Crippen LogP contribution in [0.5, 0.6) is 0 Å². The quantitative estimate of drug-likeness (QED) is 0.594. The molecule has 2 aromatic rings. The zero-order valence-electron chi connectivity index (χ0n) is 8.87. The van der Waals surface area contributed by atoms with Gasteiger partial charge >= 0.3 is 0 Å². The standard InChI is InChI=1S/C8H11O.C5H5.Fe/c1-2-9-7-8-5-3-4-6-8;1-2-4-5-3-1;/h3-6H,2,7H2,1H3;1-5H;/q-1;-5;. The van der Waals surface area contributed by atoms with Crippen LogP contribution >= 0.6 is 0 Å². The van der Waals surface area contributed by atoms with Gasteiger partial charge in [-0.05, 0) is 6.92 Å². The Hall–Kier alpha value is -0.821. The SMILES string of the molecule is CCOC[c-]1cccc1.[Fe].[cH-]1[cH-][cH-][cH-][cH-]1. The van der Waals surface area contributed by atoms with E-state index in [1.165, 1.54) is 5.56 Å². The molecule has 0 aliphatic heterocycles. The summed E-state index contributed by atoms with van der Waals surface area (Å²) in [4.78, 5) is 0. The van der Waals surface area contributed by atoms with Gasteiger partial charge in [0.1, 0.15) is 0 Å². The first-order valence-corrected chi connectivity index (χ1v) is 4.88. The number of hydrogen-bond acceptors (Lipinski definition) is 1. The molecule has 0 saturated heterocycles. The third-order valence-corrected chi connectivity index (χ3v) is 1.76. The first-order chi connectivity index (χ1) is 6.93. The van der Waals surface area contributed by atoms with Gasteiger partial charge in [0.2, 0.25) is 0 Å². The van der Waals surface area contributed by atoms with Gasteiger partial charge < -0.3 is 35.1 Å². The molecule has 88 valence electrons. The average molecular weight is 244 g/mol. The molecule has 0 radical (unpaired) electrons. The molecule has 0 amide bonds. The molecule has 0 saturated carbocycles. The van der Waals surface area contributed by atoms with E-state index < -0.39 is 0 Å². The van der Waals surface area contributed by atoms with Crippen LogP contribution in [0.3, 0.4) is 0 Å². The van der Waals surface area contributed by atoms with E-state index >= 15 is 0 Å². The Labute approximate surface area is 102 Å². The summed E-state index contributed by atoms with van der Waals surface area (Å²) in [5, 5.41) is 0. The summed E-state index contributed by atoms with van der Waals surface area (Å²) < 4.78 is 5.18. The summed E-state index contributed by atoms with van der Waals surface area (Å²) >= 11 is 0. The van der Waals surface area contributed by atoms with E-state index in [0.29, 0.717) is 0 Å². The van der Waals surface area contributed by atoms with Crippen molar-refractivity contribution in [3.8, 4) is 0 Å². The maximum atomic E-state index is 5.18. The Morgan fingerprint density at radius 2 is 1.47 bits per heavy atom. The molecule has 0 spiro atoms. The van der Waals surface area contributed by atoms with Crippen molar-refractivity contribution in [2.45, 2.75) is 13.5 Å². The number of rotatable bonds is 3. The van der Waals surface area contributed by atoms with E-state index in [-0.39, 0.29) is 17.1 Å². The van der Waals surface area contributed by atoms with Gasteiger partial charge in [-0.25, -0.2) is 12.1 Å². The molecule has 1 nitrogen and oxygen atoms in total. The fourth-order valence-electron chi connectivity index (χ4n) is 1.05. The van der Waals surface area contributed by atoms with E-state index in [1.54, 1.807) is 0 Å². The molecular weight excluding hydrogens is 228 g/mol. The zero-order valence-corrected chi connectivity index (χ0v) is 9.98. The third kappa shape index (κ3) is 7.15. The van der Waals surface area contributed by atoms with Gasteiger partial charge in [-0.1, -0.05) is 0 Å². The predicted molar refractivity (Wildman–Crippen MR) is 59.4 cm³/mol. The number of hydrogen-bond donors (Lipinski definition) is 0. The minimum Gasteiger partial charge on any atom is -0.748 e. The Balaban J connectivity index is 0.000000280. The first-order valence-electron chi connectivity index (χ1n) is 4.88. The number of ether oxygens (including phenoxy) is 1. The molecule has 15 heavy (non-hydrogen) atoms. The monoisotopic (exact) mass is 244 g/mol. The van der Waals surface area contributed by atoms with Gasteiger partial charge in [0.25, 0.3) is 0 Å². The van der Waals surface area contributed by atoms with Crippen molar-refractivity contribution in [2.24, 2.45) is 0 Å². The summed E-state index contributed by atoms with van der Waals surface area (Å²) in [6.07, 6.45) is 0. The van der Waals surface area contributed by atoms with Gasteiger partial charge in [0.05, 0.1) is 0 Å². The van der Waals surface area contributed by atoms with Crippen molar-refractivity contribution in [3.05, 3.63) is 60.2 Å². The van der Waals surface area contributed by atoms with Crippen molar-refractivity contribution in [2.75, 3.05) is 6.61 Å². The van der Waals surface area contributed by atoms with Crippen molar-refractivity contribution in [1.29, 1.82) is 0 Å². The summed E-state index contributed by atoms with van der Waals surface area (Å²) in [7, 11) is 0. The van der Waals surface area contributed by atoms with Crippen molar-refractivity contribution < 1.29 is 21.8 Å². The average Bonchev–Trinajstić information content (AvgIpc) is 2.90. The fourth-order valence-corrected chi connectivity index (χ4v) is 1.05. The van der Waals surface area contributed by atoms with Crippen molar-refractivity contribution in [3.63, 3.8) is 0 Å². The normalized spacial score (nSPS) is 8.60. The second kappa shape index (κ2) is 9.72. The molecule has 0 heterocycles. The van der Waals surface area contributed by atoms with E-state index in [0.717, 1.165) is 13.2 Å². The molecule has 0 aromatic heterocycles. The van der Waals surface area contributed by atoms with E-state index in [9.17, 15) is 0 Å². The summed E-state index contributed by atoms with van der Waals surface area (Å²) in [5.74, 6) is 0. The molecule has 2 heteroatoms. The van der Waals surface area contributed by atoms with Crippen molar-refractivity contribution in [1.82, 2.24) is 0 Å². The van der Waals surface area contributed by atoms with Gasteiger partial charge in [-0.2, -0.15) is 12.1 Å². The molecule has 0 fully saturated rings. The molecule has 0 N–H and O–H groups in total. The van der Waals surface area contributed by atoms with Crippen LogP contribution in [-0.4, -0.2) is 6.61 Å². The maximum absolute atomic E-state index is 5.18. The maximum Gasteiger partial charge on any atom is 0.0428 e. The zero-order chi connectivity index (χ0) is 10.1. The fraction of sp³-hybridized carbons (Fsp3) is 0.231. The Kier molecular flexibility index (Phi) is 9.19. The van der Waals surface area contributed by atoms with Crippen molar-refractivity contribution >= 4 is 0 Å². The minimum absolute atomic E-state index is 0. The van der Waals surface area contributed by atoms with Crippen LogP contribution in [0.25, 0.3) is 0 Å². The summed E-state index contributed by atoms with van der Waals surface area (Å²) in [6, 6.07) is 18.2. The topological polar surface area (TPSA) is 9.23 Å². The van der Waals surface area contributed by atoms with Crippen LogP contribution in [0.2, 0.25) is 0 Å². The first kappa shape index (κ1) is 14.2. The van der Waals surface area contributed by atoms with Crippen LogP contribution in [0, 0.1) is 0 Å². The molecule has 0 unspecified atom stereocenters. The van der Waals surface area contributed by atoms with Crippen LogP contribution in [-0.2, 0) is 28.4 Å². The third-order valence-electron chi connectivity index (χ3n) is 1.76. The van der Waals surface area contributed by atoms with Crippen LogP contribution < -0.4 is 0 Å². The van der Waals surface area contributed by atoms with Crippen LogP contribution in [0.1, 0.15) is 12.5 Å². The van der Waals surface area contributed by atoms with Gasteiger partial charge in [0, 0.05) is 30.3 Å². The summed E-state index contributed by atoms with van der Waals surface area (Å²) in [6.45, 7) is 3.55. The Bertz CT molecular complexity index is 267. The molecule has 0 atom stereocenters. The smallest absolute Gasteiger partial charge is 0.0428 e. The van der Waals surface area contributed by atoms with E-state index in [4.69, 9.17) is 4.74 Å². The molecular formula is C13H16FeO-6. The molecule has 2 rings (SSSR count). The largest absolute Gasteiger partial charge is 0.748 e. The Morgan fingerprint density at radius 1 is 1.00 bits per heavy atom. The second-order valence-electron chi connectivity index (χ2n) is 2.89. The van der Waals surface area contributed by atoms with Gasteiger partial charge in [-0.15, -0.1) is 5.56 Å². The van der Waals surface area contributed by atoms with E-state index in [2.05, 4.69) is 12.1 Å². The summed E-state index contributed by atoms with van der Waals surface area (Å²) in [5.41, 5.74) is 1.26. The molecule has 2 aromatic carbocycles. The van der Waals surface area contributed by atoms with Gasteiger partial charge in [0.15, 0.2) is 0 Å². The predicted octanol–water partition coefficient (Wildman–Crippen LogP) is 3.35. The van der Waals surface area contributed by atoms with Gasteiger partial charge in [-0.3, -0.25) is 0 Å². The molecule has 0 bridgehead atoms. The van der Waals surface area contributed by atoms with Crippen LogP contribution in [0.15, 0.2) is 54.6 Å². The Morgan fingerprint density at radius 3 is 1.87 bits per heavy atom. The second-order valence-corrected chi connectivity index (χ2v) is 2.89. The molecule has 0 aliphatic carbocycles.